The van der Waals surface area contributed by atoms with Gasteiger partial charge in [0.25, 0.3) is 17.4 Å². The molecule has 5 amide bonds. The number of nitrogens with one attached hydrogen (secondary N) is 3. The van der Waals surface area contributed by atoms with Crippen molar-refractivity contribution in [2.75, 3.05) is 19.6 Å². The van der Waals surface area contributed by atoms with Gasteiger partial charge in [-0.2, -0.15) is 0 Å². The van der Waals surface area contributed by atoms with Crippen LogP contribution >= 0.6 is 11.6 Å². The van der Waals surface area contributed by atoms with Crippen molar-refractivity contribution < 1.29 is 28.4 Å². The molecule has 2 saturated heterocycles. The van der Waals surface area contributed by atoms with Gasteiger partial charge in [-0.15, -0.1) is 0 Å². The number of carbonyl (C=O) groups excluding carboxylic acids is 5. The number of fused-ring (bicyclic) bond motifs is 1. The Hall–Kier alpha value is -2.43. The Morgan fingerprint density at radius 2 is 1.97 bits per heavy atom. The number of hydrogen-bond acceptors (Lipinski definition) is 5. The van der Waals surface area contributed by atoms with Crippen LogP contribution in [-0.2, 0) is 24.0 Å². The van der Waals surface area contributed by atoms with Crippen molar-refractivity contribution in [1.82, 2.24) is 26.0 Å². The molecular formula is C23H35ClFN5O5. The highest BCUT2D eigenvalue weighted by Crippen LogP contribution is 2.42. The molecule has 3 aliphatic rings. The van der Waals surface area contributed by atoms with E-state index < -0.39 is 35.4 Å². The average molecular weight is 516 g/mol. The summed E-state index contributed by atoms with van der Waals surface area (Å²) in [6, 6.07) is -1.67. The van der Waals surface area contributed by atoms with Crippen LogP contribution in [0.25, 0.3) is 0 Å². The summed E-state index contributed by atoms with van der Waals surface area (Å²) in [7, 11) is 0. The third-order valence-electron chi connectivity index (χ3n) is 7.54. The van der Waals surface area contributed by atoms with Crippen LogP contribution in [0.5, 0.6) is 0 Å². The molecule has 1 aliphatic carbocycles. The molecule has 0 bridgehead atoms. The van der Waals surface area contributed by atoms with E-state index in [0.29, 0.717) is 25.9 Å². The standard InChI is InChI=1S/C23H35ClFN5O5/c1-4-12(2)17(27-13(3)31)22(34)29-10-14-6-5-7-16(14)18(29)21(33)28-30(23(35)19(24)25)11-15-8-9-26-20(15)32/h12,14-19H,4-11H2,1-3H3,(H,26,32)(H,27,31)(H,28,33)/t12-,14-,15-,16-,17-,18-,19-/m0/s1. The summed E-state index contributed by atoms with van der Waals surface area (Å²) in [6.45, 7) is 5.69. The summed E-state index contributed by atoms with van der Waals surface area (Å²) < 4.78 is 13.7. The first-order valence-corrected chi connectivity index (χ1v) is 12.7. The minimum atomic E-state index is -2.39. The van der Waals surface area contributed by atoms with Crippen molar-refractivity contribution in [3.8, 4) is 0 Å². The molecule has 0 unspecified atom stereocenters. The van der Waals surface area contributed by atoms with Crippen molar-refractivity contribution in [2.45, 2.75) is 70.6 Å². The second-order valence-electron chi connectivity index (χ2n) is 9.86. The van der Waals surface area contributed by atoms with Crippen LogP contribution in [-0.4, -0.2) is 76.8 Å². The van der Waals surface area contributed by atoms with Crippen molar-refractivity contribution in [1.29, 1.82) is 0 Å². The summed E-state index contributed by atoms with van der Waals surface area (Å²) >= 11 is 5.38. The van der Waals surface area contributed by atoms with Gasteiger partial charge in [0, 0.05) is 20.0 Å². The summed E-state index contributed by atoms with van der Waals surface area (Å²) in [5, 5.41) is 6.13. The highest BCUT2D eigenvalue weighted by molar-refractivity contribution is 6.29. The lowest BCUT2D eigenvalue weighted by atomic mass is 9.93. The van der Waals surface area contributed by atoms with Crippen LogP contribution in [0.3, 0.4) is 0 Å². The molecule has 0 radical (unpaired) electrons. The van der Waals surface area contributed by atoms with E-state index in [-0.39, 0.29) is 42.0 Å². The summed E-state index contributed by atoms with van der Waals surface area (Å²) in [5.41, 5.74) is 0.0735. The molecular weight excluding hydrogens is 481 g/mol. The van der Waals surface area contributed by atoms with E-state index in [1.807, 2.05) is 13.8 Å². The fraction of sp³-hybridized carbons (Fsp3) is 0.783. The number of hydrazine groups is 1. The quantitative estimate of drug-likeness (QED) is 0.324. The van der Waals surface area contributed by atoms with Gasteiger partial charge in [-0.25, -0.2) is 9.40 Å². The Morgan fingerprint density at radius 3 is 2.54 bits per heavy atom. The molecule has 0 aromatic rings. The van der Waals surface area contributed by atoms with Crippen LogP contribution in [0.1, 0.15) is 52.9 Å². The first-order valence-electron chi connectivity index (χ1n) is 12.3. The Morgan fingerprint density at radius 1 is 1.26 bits per heavy atom. The van der Waals surface area contributed by atoms with Crippen molar-refractivity contribution in [2.24, 2.45) is 23.7 Å². The van der Waals surface area contributed by atoms with E-state index in [1.165, 1.54) is 11.8 Å². The largest absolute Gasteiger partial charge is 0.356 e. The Labute approximate surface area is 209 Å². The highest BCUT2D eigenvalue weighted by atomic mass is 35.5. The lowest BCUT2D eigenvalue weighted by Gasteiger charge is -2.34. The molecule has 1 saturated carbocycles. The van der Waals surface area contributed by atoms with Gasteiger partial charge in [0.1, 0.15) is 12.1 Å². The van der Waals surface area contributed by atoms with Crippen molar-refractivity contribution >= 4 is 41.1 Å². The lowest BCUT2D eigenvalue weighted by Crippen LogP contribution is -2.59. The molecule has 0 aromatic heterocycles. The average Bonchev–Trinajstić information content (AvgIpc) is 3.51. The van der Waals surface area contributed by atoms with Crippen LogP contribution in [0, 0.1) is 23.7 Å². The number of rotatable bonds is 8. The third kappa shape index (κ3) is 6.05. The minimum Gasteiger partial charge on any atom is -0.356 e. The number of amides is 5. The van der Waals surface area contributed by atoms with E-state index in [9.17, 15) is 28.4 Å². The van der Waals surface area contributed by atoms with E-state index in [4.69, 9.17) is 11.6 Å². The van der Waals surface area contributed by atoms with Crippen molar-refractivity contribution in [3.05, 3.63) is 0 Å². The van der Waals surface area contributed by atoms with E-state index >= 15 is 0 Å². The molecule has 2 heterocycles. The first-order chi connectivity index (χ1) is 16.5. The predicted octanol–water partition coefficient (Wildman–Crippen LogP) is 0.695. The molecule has 2 aliphatic heterocycles. The predicted molar refractivity (Wildman–Crippen MR) is 125 cm³/mol. The second-order valence-corrected chi connectivity index (χ2v) is 10.2. The monoisotopic (exact) mass is 515 g/mol. The van der Waals surface area contributed by atoms with E-state index in [1.54, 1.807) is 0 Å². The zero-order valence-corrected chi connectivity index (χ0v) is 21.1. The maximum absolute atomic E-state index is 13.7. The topological polar surface area (TPSA) is 128 Å². The SMILES string of the molecule is CC[C@H](C)[C@H](NC(C)=O)C(=O)N1C[C@@H]2CCC[C@@H]2[C@H]1C(=O)NN(C[C@@H]1CCNC1=O)C(=O)[C@H](F)Cl. The van der Waals surface area contributed by atoms with E-state index in [0.717, 1.165) is 24.3 Å². The van der Waals surface area contributed by atoms with Crippen LogP contribution < -0.4 is 16.1 Å². The van der Waals surface area contributed by atoms with E-state index in [2.05, 4.69) is 16.1 Å². The molecule has 3 N–H and O–H groups in total. The van der Waals surface area contributed by atoms with Gasteiger partial charge in [-0.3, -0.25) is 29.4 Å². The number of alkyl halides is 2. The number of carbonyl (C=O) groups is 5. The van der Waals surface area contributed by atoms with Gasteiger partial charge in [0.05, 0.1) is 12.5 Å². The fourth-order valence-electron chi connectivity index (χ4n) is 5.50. The first kappa shape index (κ1) is 27.2. The maximum atomic E-state index is 13.7. The molecule has 0 aromatic carbocycles. The van der Waals surface area contributed by atoms with Gasteiger partial charge in [-0.1, -0.05) is 38.3 Å². The van der Waals surface area contributed by atoms with Crippen LogP contribution in [0.15, 0.2) is 0 Å². The Bertz CT molecular complexity index is 858. The minimum absolute atomic E-state index is 0.113. The number of halogens is 2. The van der Waals surface area contributed by atoms with Crippen LogP contribution in [0.2, 0.25) is 0 Å². The lowest BCUT2D eigenvalue weighted by molar-refractivity contribution is -0.150. The maximum Gasteiger partial charge on any atom is 0.291 e. The molecule has 7 atom stereocenters. The number of likely N-dealkylation sites (tertiary alicyclic amines) is 1. The molecule has 10 nitrogen and oxygen atoms in total. The fourth-order valence-corrected chi connectivity index (χ4v) is 5.61. The molecule has 35 heavy (non-hydrogen) atoms. The summed E-state index contributed by atoms with van der Waals surface area (Å²) in [4.78, 5) is 64.9. The van der Waals surface area contributed by atoms with Gasteiger partial charge in [-0.05, 0) is 37.0 Å². The van der Waals surface area contributed by atoms with Crippen LogP contribution in [0.4, 0.5) is 4.39 Å². The Balaban J connectivity index is 1.84. The molecule has 196 valence electrons. The van der Waals surface area contributed by atoms with Gasteiger partial charge >= 0.3 is 0 Å². The zero-order chi connectivity index (χ0) is 25.9. The van der Waals surface area contributed by atoms with Crippen molar-refractivity contribution in [3.63, 3.8) is 0 Å². The van der Waals surface area contributed by atoms with Gasteiger partial charge < -0.3 is 15.5 Å². The smallest absolute Gasteiger partial charge is 0.291 e. The number of hydrogen-bond donors (Lipinski definition) is 3. The molecule has 3 rings (SSSR count). The zero-order valence-electron chi connectivity index (χ0n) is 20.4. The number of nitrogens with zero attached hydrogens (tertiary/aromatic N) is 2. The summed E-state index contributed by atoms with van der Waals surface area (Å²) in [6.07, 6.45) is 3.60. The molecule has 0 spiro atoms. The van der Waals surface area contributed by atoms with Gasteiger partial charge in [0.15, 0.2) is 0 Å². The molecule has 12 heteroatoms. The third-order valence-corrected chi connectivity index (χ3v) is 7.73. The normalized spacial score (nSPS) is 28.0. The summed E-state index contributed by atoms with van der Waals surface area (Å²) in [5.74, 6) is -3.53. The second kappa shape index (κ2) is 11.5. The molecule has 3 fully saturated rings. The Kier molecular flexibility index (Phi) is 8.95. The van der Waals surface area contributed by atoms with Gasteiger partial charge in [0.2, 0.25) is 17.7 Å². The highest BCUT2D eigenvalue weighted by Gasteiger charge is 2.51.